The maximum Gasteiger partial charge on any atom is 0.133 e. The highest BCUT2D eigenvalue weighted by Crippen LogP contribution is 2.26. The lowest BCUT2D eigenvalue weighted by Crippen LogP contribution is -2.39. The van der Waals surface area contributed by atoms with Crippen LogP contribution in [0.2, 0.25) is 0 Å². The highest BCUT2D eigenvalue weighted by atomic mass is 16.3. The van der Waals surface area contributed by atoms with Crippen LogP contribution < -0.4 is 5.32 Å². The van der Waals surface area contributed by atoms with Crippen molar-refractivity contribution >= 4 is 0 Å². The number of nitrogens with zero attached hydrogens (tertiary/aromatic N) is 2. The molecule has 2 N–H and O–H groups in total. The average Bonchev–Trinajstić information content (AvgIpc) is 3.07. The monoisotopic (exact) mass is 275 g/mol. The van der Waals surface area contributed by atoms with Crippen LogP contribution >= 0.6 is 0 Å². The maximum absolute atomic E-state index is 9.82. The zero-order valence-corrected chi connectivity index (χ0v) is 11.7. The molecule has 1 fully saturated rings. The number of aliphatic hydroxyl groups is 1. The van der Waals surface area contributed by atoms with Crippen LogP contribution in [0.5, 0.6) is 0 Å². The van der Waals surface area contributed by atoms with Gasteiger partial charge in [0.15, 0.2) is 0 Å². The highest BCUT2D eigenvalue weighted by molar-refractivity contribution is 5.16. The number of aromatic nitrogens is 2. The van der Waals surface area contributed by atoms with E-state index in [1.54, 1.807) is 12.5 Å². The van der Waals surface area contributed by atoms with Gasteiger partial charge in [0.1, 0.15) is 17.6 Å². The minimum Gasteiger partial charge on any atom is -0.467 e. The third-order valence-corrected chi connectivity index (χ3v) is 3.99. The van der Waals surface area contributed by atoms with Gasteiger partial charge >= 0.3 is 0 Å². The van der Waals surface area contributed by atoms with Crippen LogP contribution in [0, 0.1) is 0 Å². The molecule has 2 aromatic rings. The van der Waals surface area contributed by atoms with Crippen molar-refractivity contribution < 1.29 is 9.52 Å². The topological polar surface area (TPSA) is 63.2 Å². The Bertz CT molecular complexity index is 535. The van der Waals surface area contributed by atoms with Gasteiger partial charge in [0.2, 0.25) is 0 Å². The van der Waals surface area contributed by atoms with E-state index in [9.17, 15) is 5.11 Å². The smallest absolute Gasteiger partial charge is 0.133 e. The van der Waals surface area contributed by atoms with E-state index in [0.717, 1.165) is 37.3 Å². The van der Waals surface area contributed by atoms with Crippen LogP contribution in [0.4, 0.5) is 0 Å². The number of nitrogens with one attached hydrogen (secondary N) is 1. The number of furan rings is 1. The Kier molecular flexibility index (Phi) is 3.89. The first-order chi connectivity index (χ1) is 9.74. The third-order valence-electron chi connectivity index (χ3n) is 3.99. The molecule has 5 heteroatoms. The predicted octanol–water partition coefficient (Wildman–Crippen LogP) is 2.00. The summed E-state index contributed by atoms with van der Waals surface area (Å²) in [5.41, 5.74) is 0. The van der Waals surface area contributed by atoms with Crippen LogP contribution in [0.25, 0.3) is 0 Å². The van der Waals surface area contributed by atoms with Crippen LogP contribution in [0.3, 0.4) is 0 Å². The number of hydrogen-bond acceptors (Lipinski definition) is 4. The van der Waals surface area contributed by atoms with Gasteiger partial charge in [-0.2, -0.15) is 0 Å². The molecule has 1 saturated carbocycles. The summed E-state index contributed by atoms with van der Waals surface area (Å²) in [5.74, 6) is 1.79. The molecule has 0 radical (unpaired) electrons. The number of aryl methyl sites for hydroxylation is 1. The molecule has 20 heavy (non-hydrogen) atoms. The van der Waals surface area contributed by atoms with Crippen molar-refractivity contribution in [3.05, 3.63) is 42.4 Å². The molecule has 0 amide bonds. The molecule has 1 aliphatic carbocycles. The first-order valence-electron chi connectivity index (χ1n) is 7.19. The standard InChI is InChI=1S/C15H21N3O2/c1-18-8-7-16-15(18)14(13-6-3-9-20-13)17-11-4-2-5-12(19)10-11/h3,6-9,11-12,14,17,19H,2,4-5,10H2,1H3. The van der Waals surface area contributed by atoms with Crippen molar-refractivity contribution in [2.75, 3.05) is 0 Å². The van der Waals surface area contributed by atoms with E-state index in [1.165, 1.54) is 0 Å². The van der Waals surface area contributed by atoms with E-state index in [0.29, 0.717) is 6.04 Å². The zero-order valence-electron chi connectivity index (χ0n) is 11.7. The maximum atomic E-state index is 9.82. The molecule has 3 atom stereocenters. The number of rotatable bonds is 4. The number of imidazole rings is 1. The van der Waals surface area contributed by atoms with E-state index in [2.05, 4.69) is 10.3 Å². The largest absolute Gasteiger partial charge is 0.467 e. The highest BCUT2D eigenvalue weighted by Gasteiger charge is 2.27. The summed E-state index contributed by atoms with van der Waals surface area (Å²) >= 11 is 0. The molecule has 0 aromatic carbocycles. The van der Waals surface area contributed by atoms with Crippen molar-refractivity contribution in [3.8, 4) is 0 Å². The SMILES string of the molecule is Cn1ccnc1C(NC1CCCC(O)C1)c1ccco1. The van der Waals surface area contributed by atoms with E-state index in [4.69, 9.17) is 4.42 Å². The number of aliphatic hydroxyl groups excluding tert-OH is 1. The minimum atomic E-state index is -0.195. The summed E-state index contributed by atoms with van der Waals surface area (Å²) in [6.45, 7) is 0. The van der Waals surface area contributed by atoms with Gasteiger partial charge in [-0.15, -0.1) is 0 Å². The van der Waals surface area contributed by atoms with Crippen molar-refractivity contribution in [2.24, 2.45) is 7.05 Å². The Morgan fingerprint density at radius 1 is 1.50 bits per heavy atom. The molecule has 2 aromatic heterocycles. The molecular weight excluding hydrogens is 254 g/mol. The zero-order chi connectivity index (χ0) is 13.9. The second kappa shape index (κ2) is 5.81. The minimum absolute atomic E-state index is 0.0692. The summed E-state index contributed by atoms with van der Waals surface area (Å²) in [6.07, 6.45) is 9.06. The summed E-state index contributed by atoms with van der Waals surface area (Å²) in [6, 6.07) is 4.08. The Balaban J connectivity index is 1.81. The predicted molar refractivity (Wildman–Crippen MR) is 75.2 cm³/mol. The fourth-order valence-corrected chi connectivity index (χ4v) is 2.95. The molecule has 2 heterocycles. The van der Waals surface area contributed by atoms with Gasteiger partial charge < -0.3 is 14.1 Å². The van der Waals surface area contributed by atoms with Gasteiger partial charge in [-0.25, -0.2) is 4.98 Å². The summed E-state index contributed by atoms with van der Waals surface area (Å²) in [4.78, 5) is 4.43. The van der Waals surface area contributed by atoms with E-state index < -0.39 is 0 Å². The quantitative estimate of drug-likeness (QED) is 0.896. The molecule has 0 aliphatic heterocycles. The number of hydrogen-bond donors (Lipinski definition) is 2. The van der Waals surface area contributed by atoms with Gasteiger partial charge in [0, 0.05) is 25.5 Å². The molecule has 0 spiro atoms. The lowest BCUT2D eigenvalue weighted by Gasteiger charge is -2.30. The molecule has 5 nitrogen and oxygen atoms in total. The second-order valence-corrected chi connectivity index (χ2v) is 5.53. The van der Waals surface area contributed by atoms with Crippen LogP contribution in [-0.4, -0.2) is 26.8 Å². The van der Waals surface area contributed by atoms with Crippen molar-refractivity contribution in [3.63, 3.8) is 0 Å². The van der Waals surface area contributed by atoms with Crippen molar-refractivity contribution in [2.45, 2.75) is 43.9 Å². The molecule has 0 bridgehead atoms. The molecular formula is C15H21N3O2. The fourth-order valence-electron chi connectivity index (χ4n) is 2.95. The van der Waals surface area contributed by atoms with Crippen LogP contribution in [0.15, 0.2) is 35.2 Å². The normalized spacial score (nSPS) is 24.7. The Morgan fingerprint density at radius 2 is 2.40 bits per heavy atom. The van der Waals surface area contributed by atoms with Gasteiger partial charge in [-0.1, -0.05) is 0 Å². The van der Waals surface area contributed by atoms with Gasteiger partial charge in [-0.05, 0) is 37.8 Å². The third kappa shape index (κ3) is 2.78. The summed E-state index contributed by atoms with van der Waals surface area (Å²) in [7, 11) is 1.98. The Hall–Kier alpha value is -1.59. The van der Waals surface area contributed by atoms with Crippen LogP contribution in [-0.2, 0) is 7.05 Å². The molecule has 0 saturated heterocycles. The molecule has 1 aliphatic rings. The lowest BCUT2D eigenvalue weighted by atomic mass is 9.92. The summed E-state index contributed by atoms with van der Waals surface area (Å²) in [5, 5.41) is 13.4. The van der Waals surface area contributed by atoms with E-state index in [1.807, 2.05) is 29.9 Å². The fraction of sp³-hybridized carbons (Fsp3) is 0.533. The van der Waals surface area contributed by atoms with Crippen LogP contribution in [0.1, 0.15) is 43.3 Å². The second-order valence-electron chi connectivity index (χ2n) is 5.53. The lowest BCUT2D eigenvalue weighted by molar-refractivity contribution is 0.108. The van der Waals surface area contributed by atoms with Gasteiger partial charge in [-0.3, -0.25) is 5.32 Å². The Morgan fingerprint density at radius 3 is 3.05 bits per heavy atom. The summed E-state index contributed by atoms with van der Waals surface area (Å²) < 4.78 is 7.56. The average molecular weight is 275 g/mol. The molecule has 108 valence electrons. The molecule has 3 rings (SSSR count). The Labute approximate surface area is 118 Å². The van der Waals surface area contributed by atoms with Crippen molar-refractivity contribution in [1.82, 2.24) is 14.9 Å². The van der Waals surface area contributed by atoms with E-state index >= 15 is 0 Å². The van der Waals surface area contributed by atoms with Crippen molar-refractivity contribution in [1.29, 1.82) is 0 Å². The van der Waals surface area contributed by atoms with Gasteiger partial charge in [0.05, 0.1) is 12.4 Å². The van der Waals surface area contributed by atoms with E-state index in [-0.39, 0.29) is 12.1 Å². The first-order valence-corrected chi connectivity index (χ1v) is 7.19. The first kappa shape index (κ1) is 13.4. The molecule has 3 unspecified atom stereocenters. The van der Waals surface area contributed by atoms with Gasteiger partial charge in [0.25, 0.3) is 0 Å².